The SMILES string of the molecule is O=C(NCc1cnc(Cl)cn1)Nc1cccc(F)c1Cl. The Morgan fingerprint density at radius 1 is 1.25 bits per heavy atom. The highest BCUT2D eigenvalue weighted by Gasteiger charge is 2.09. The maximum absolute atomic E-state index is 13.2. The van der Waals surface area contributed by atoms with E-state index in [4.69, 9.17) is 23.2 Å². The Morgan fingerprint density at radius 3 is 2.75 bits per heavy atom. The Morgan fingerprint density at radius 2 is 2.05 bits per heavy atom. The van der Waals surface area contributed by atoms with Gasteiger partial charge >= 0.3 is 6.03 Å². The van der Waals surface area contributed by atoms with Crippen LogP contribution in [0, 0.1) is 5.82 Å². The van der Waals surface area contributed by atoms with Gasteiger partial charge in [-0.05, 0) is 12.1 Å². The summed E-state index contributed by atoms with van der Waals surface area (Å²) in [6.45, 7) is 0.156. The topological polar surface area (TPSA) is 66.9 Å². The van der Waals surface area contributed by atoms with Crippen molar-refractivity contribution in [3.05, 3.63) is 52.3 Å². The third-order valence-electron chi connectivity index (χ3n) is 2.30. The molecule has 0 spiro atoms. The van der Waals surface area contributed by atoms with Crippen molar-refractivity contribution in [2.24, 2.45) is 0 Å². The monoisotopic (exact) mass is 314 g/mol. The fourth-order valence-corrected chi connectivity index (χ4v) is 1.64. The molecule has 5 nitrogen and oxygen atoms in total. The lowest BCUT2D eigenvalue weighted by Crippen LogP contribution is -2.28. The van der Waals surface area contributed by atoms with Gasteiger partial charge in [0.2, 0.25) is 0 Å². The van der Waals surface area contributed by atoms with E-state index >= 15 is 0 Å². The fraction of sp³-hybridized carbons (Fsp3) is 0.0833. The van der Waals surface area contributed by atoms with Crippen LogP contribution >= 0.6 is 23.2 Å². The summed E-state index contributed by atoms with van der Waals surface area (Å²) in [7, 11) is 0. The molecule has 1 aromatic carbocycles. The van der Waals surface area contributed by atoms with Crippen LogP contribution in [0.1, 0.15) is 5.69 Å². The van der Waals surface area contributed by atoms with Crippen LogP contribution in [0.5, 0.6) is 0 Å². The van der Waals surface area contributed by atoms with E-state index in [-0.39, 0.29) is 22.4 Å². The van der Waals surface area contributed by atoms with Crippen LogP contribution in [0.2, 0.25) is 10.2 Å². The van der Waals surface area contributed by atoms with E-state index in [1.54, 1.807) is 0 Å². The standard InChI is InChI=1S/C12H9Cl2FN4O/c13-10-6-16-7(4-17-10)5-18-12(20)19-9-3-1-2-8(15)11(9)14/h1-4,6H,5H2,(H2,18,19,20). The second kappa shape index (κ2) is 6.49. The number of anilines is 1. The summed E-state index contributed by atoms with van der Waals surface area (Å²) in [5.74, 6) is -0.604. The number of urea groups is 1. The Kier molecular flexibility index (Phi) is 4.70. The zero-order chi connectivity index (χ0) is 14.5. The average molecular weight is 315 g/mol. The molecule has 0 unspecified atom stereocenters. The first-order chi connectivity index (χ1) is 9.56. The summed E-state index contributed by atoms with van der Waals surface area (Å²) in [6.07, 6.45) is 2.82. The predicted octanol–water partition coefficient (Wildman–Crippen LogP) is 3.24. The molecule has 2 rings (SSSR count). The van der Waals surface area contributed by atoms with Gasteiger partial charge in [-0.15, -0.1) is 0 Å². The molecule has 2 aromatic rings. The number of carbonyl (C=O) groups excluding carboxylic acids is 1. The third-order valence-corrected chi connectivity index (χ3v) is 2.88. The molecule has 8 heteroatoms. The first kappa shape index (κ1) is 14.5. The highest BCUT2D eigenvalue weighted by atomic mass is 35.5. The summed E-state index contributed by atoms with van der Waals surface area (Å²) < 4.78 is 13.2. The van der Waals surface area contributed by atoms with Gasteiger partial charge in [-0.25, -0.2) is 14.2 Å². The molecule has 0 aliphatic carbocycles. The van der Waals surface area contributed by atoms with Gasteiger partial charge in [-0.2, -0.15) is 0 Å². The number of nitrogens with zero attached hydrogens (tertiary/aromatic N) is 2. The molecular formula is C12H9Cl2FN4O. The van der Waals surface area contributed by atoms with E-state index in [1.807, 2.05) is 0 Å². The molecule has 0 fully saturated rings. The van der Waals surface area contributed by atoms with Gasteiger partial charge in [-0.1, -0.05) is 29.3 Å². The van der Waals surface area contributed by atoms with Crippen LogP contribution < -0.4 is 10.6 Å². The normalized spacial score (nSPS) is 10.2. The molecule has 0 aliphatic heterocycles. The van der Waals surface area contributed by atoms with Crippen molar-refractivity contribution in [1.29, 1.82) is 0 Å². The molecule has 0 saturated carbocycles. The number of nitrogens with one attached hydrogen (secondary N) is 2. The van der Waals surface area contributed by atoms with E-state index in [0.717, 1.165) is 0 Å². The minimum atomic E-state index is -0.604. The molecular weight excluding hydrogens is 306 g/mol. The van der Waals surface area contributed by atoms with Crippen molar-refractivity contribution >= 4 is 34.9 Å². The lowest BCUT2D eigenvalue weighted by molar-refractivity contribution is 0.251. The van der Waals surface area contributed by atoms with Crippen molar-refractivity contribution in [2.75, 3.05) is 5.32 Å². The van der Waals surface area contributed by atoms with Gasteiger partial charge < -0.3 is 10.6 Å². The molecule has 0 aliphatic rings. The molecule has 2 N–H and O–H groups in total. The first-order valence-electron chi connectivity index (χ1n) is 5.51. The van der Waals surface area contributed by atoms with E-state index in [1.165, 1.54) is 30.6 Å². The molecule has 2 amide bonds. The fourth-order valence-electron chi connectivity index (χ4n) is 1.37. The molecule has 1 aromatic heterocycles. The van der Waals surface area contributed by atoms with E-state index in [0.29, 0.717) is 5.69 Å². The highest BCUT2D eigenvalue weighted by molar-refractivity contribution is 6.33. The number of hydrogen-bond acceptors (Lipinski definition) is 3. The number of amides is 2. The smallest absolute Gasteiger partial charge is 0.319 e. The lowest BCUT2D eigenvalue weighted by Gasteiger charge is -2.08. The number of halogens is 3. The quantitative estimate of drug-likeness (QED) is 0.914. The summed E-state index contributed by atoms with van der Waals surface area (Å²) in [6, 6.07) is 3.61. The number of hydrogen-bond donors (Lipinski definition) is 2. The average Bonchev–Trinajstić information content (AvgIpc) is 2.43. The van der Waals surface area contributed by atoms with Crippen LogP contribution in [0.25, 0.3) is 0 Å². The van der Waals surface area contributed by atoms with Gasteiger partial charge in [-0.3, -0.25) is 4.98 Å². The van der Waals surface area contributed by atoms with Crippen LogP contribution in [0.15, 0.2) is 30.6 Å². The summed E-state index contributed by atoms with van der Waals surface area (Å²) >= 11 is 11.3. The number of carbonyl (C=O) groups is 1. The summed E-state index contributed by atoms with van der Waals surface area (Å²) in [5.41, 5.74) is 0.723. The van der Waals surface area contributed by atoms with Crippen molar-refractivity contribution in [3.8, 4) is 0 Å². The van der Waals surface area contributed by atoms with Gasteiger partial charge in [0.25, 0.3) is 0 Å². The van der Waals surface area contributed by atoms with E-state index < -0.39 is 11.8 Å². The molecule has 104 valence electrons. The minimum Gasteiger partial charge on any atom is -0.332 e. The van der Waals surface area contributed by atoms with Gasteiger partial charge in [0, 0.05) is 0 Å². The molecule has 0 atom stereocenters. The first-order valence-corrected chi connectivity index (χ1v) is 6.27. The zero-order valence-electron chi connectivity index (χ0n) is 10.0. The van der Waals surface area contributed by atoms with Crippen molar-refractivity contribution in [3.63, 3.8) is 0 Å². The minimum absolute atomic E-state index is 0.145. The Hall–Kier alpha value is -1.92. The van der Waals surface area contributed by atoms with E-state index in [9.17, 15) is 9.18 Å². The molecule has 20 heavy (non-hydrogen) atoms. The molecule has 0 saturated heterocycles. The zero-order valence-corrected chi connectivity index (χ0v) is 11.5. The Bertz CT molecular complexity index is 621. The maximum Gasteiger partial charge on any atom is 0.319 e. The number of rotatable bonds is 3. The van der Waals surface area contributed by atoms with Crippen molar-refractivity contribution in [1.82, 2.24) is 15.3 Å². The van der Waals surface area contributed by atoms with Crippen LogP contribution in [0.4, 0.5) is 14.9 Å². The molecule has 1 heterocycles. The molecule has 0 bridgehead atoms. The van der Waals surface area contributed by atoms with E-state index in [2.05, 4.69) is 20.6 Å². The van der Waals surface area contributed by atoms with Crippen molar-refractivity contribution < 1.29 is 9.18 Å². The second-order valence-electron chi connectivity index (χ2n) is 3.74. The number of aromatic nitrogens is 2. The maximum atomic E-state index is 13.2. The summed E-state index contributed by atoms with van der Waals surface area (Å²) in [5, 5.41) is 5.10. The van der Waals surface area contributed by atoms with Crippen molar-refractivity contribution in [2.45, 2.75) is 6.54 Å². The Labute approximate surface area is 124 Å². The number of benzene rings is 1. The van der Waals surface area contributed by atoms with Crippen LogP contribution in [-0.2, 0) is 6.54 Å². The highest BCUT2D eigenvalue weighted by Crippen LogP contribution is 2.24. The summed E-state index contributed by atoms with van der Waals surface area (Å²) in [4.78, 5) is 19.4. The predicted molar refractivity (Wildman–Crippen MR) is 74.3 cm³/mol. The van der Waals surface area contributed by atoms with Gasteiger partial charge in [0.15, 0.2) is 0 Å². The molecule has 0 radical (unpaired) electrons. The largest absolute Gasteiger partial charge is 0.332 e. The third kappa shape index (κ3) is 3.79. The van der Waals surface area contributed by atoms with Gasteiger partial charge in [0.05, 0.1) is 35.3 Å². The second-order valence-corrected chi connectivity index (χ2v) is 4.50. The Balaban J connectivity index is 1.92. The lowest BCUT2D eigenvalue weighted by atomic mass is 10.3. The van der Waals surface area contributed by atoms with Gasteiger partial charge in [0.1, 0.15) is 11.0 Å². The van der Waals surface area contributed by atoms with Crippen LogP contribution in [0.3, 0.4) is 0 Å². The van der Waals surface area contributed by atoms with Crippen LogP contribution in [-0.4, -0.2) is 16.0 Å².